The first-order valence-corrected chi connectivity index (χ1v) is 9.52. The fraction of sp³-hybridized carbons (Fsp3) is 0.333. The Morgan fingerprint density at radius 2 is 1.86 bits per heavy atom. The van der Waals surface area contributed by atoms with Crippen LogP contribution in [0.4, 0.5) is 0 Å². The number of ether oxygens (including phenoxy) is 2. The molecule has 0 spiro atoms. The summed E-state index contributed by atoms with van der Waals surface area (Å²) in [7, 11) is 1.57. The van der Waals surface area contributed by atoms with Gasteiger partial charge in [-0.25, -0.2) is 0 Å². The molecule has 0 radical (unpaired) electrons. The summed E-state index contributed by atoms with van der Waals surface area (Å²) in [6, 6.07) is 13.3. The average Bonchev–Trinajstić information content (AvgIpc) is 2.75. The Morgan fingerprint density at radius 1 is 1.17 bits per heavy atom. The van der Waals surface area contributed by atoms with Crippen molar-refractivity contribution in [3.63, 3.8) is 0 Å². The number of hydrogen-bond acceptors (Lipinski definition) is 5. The van der Waals surface area contributed by atoms with Crippen LogP contribution in [-0.4, -0.2) is 54.7 Å². The summed E-state index contributed by atoms with van der Waals surface area (Å²) in [4.78, 5) is 26.7. The van der Waals surface area contributed by atoms with Gasteiger partial charge in [0.05, 0.1) is 18.7 Å². The van der Waals surface area contributed by atoms with E-state index in [2.05, 4.69) is 5.32 Å². The van der Waals surface area contributed by atoms with Crippen molar-refractivity contribution in [3.05, 3.63) is 59.1 Å². The van der Waals surface area contributed by atoms with Crippen molar-refractivity contribution < 1.29 is 24.2 Å². The standard InChI is InChI=1S/C21H25ClN2O5/c1-15(21(27)23-11-12-25)24(13-16-7-9-17(28-2)10-8-16)20(26)14-29-19-6-4-3-5-18(19)22/h3-10,15,25H,11-14H2,1-2H3,(H,23,27)/t15-/m1/s1. The third-order valence-electron chi connectivity index (χ3n) is 4.28. The summed E-state index contributed by atoms with van der Waals surface area (Å²) in [5, 5.41) is 11.9. The van der Waals surface area contributed by atoms with Gasteiger partial charge < -0.3 is 24.8 Å². The van der Waals surface area contributed by atoms with Gasteiger partial charge >= 0.3 is 0 Å². The molecular weight excluding hydrogens is 396 g/mol. The Morgan fingerprint density at radius 3 is 2.48 bits per heavy atom. The van der Waals surface area contributed by atoms with Gasteiger partial charge in [-0.05, 0) is 36.8 Å². The van der Waals surface area contributed by atoms with Gasteiger partial charge in [0.25, 0.3) is 5.91 Å². The van der Waals surface area contributed by atoms with Crippen molar-refractivity contribution in [2.24, 2.45) is 0 Å². The number of amides is 2. The van der Waals surface area contributed by atoms with E-state index in [1.165, 1.54) is 4.90 Å². The molecule has 7 nitrogen and oxygen atoms in total. The van der Waals surface area contributed by atoms with Crippen molar-refractivity contribution in [1.82, 2.24) is 10.2 Å². The fourth-order valence-corrected chi connectivity index (χ4v) is 2.81. The minimum Gasteiger partial charge on any atom is -0.497 e. The van der Waals surface area contributed by atoms with E-state index in [0.717, 1.165) is 5.56 Å². The number of carbonyl (C=O) groups excluding carboxylic acids is 2. The molecule has 0 saturated carbocycles. The molecule has 0 aromatic heterocycles. The summed E-state index contributed by atoms with van der Waals surface area (Å²) in [5.74, 6) is 0.359. The normalized spacial score (nSPS) is 11.4. The molecular formula is C21H25ClN2O5. The molecule has 0 saturated heterocycles. The second-order valence-electron chi connectivity index (χ2n) is 6.28. The molecule has 2 N–H and O–H groups in total. The van der Waals surface area contributed by atoms with Crippen LogP contribution < -0.4 is 14.8 Å². The molecule has 156 valence electrons. The van der Waals surface area contributed by atoms with E-state index in [0.29, 0.717) is 16.5 Å². The second kappa shape index (κ2) is 11.3. The first-order valence-electron chi connectivity index (χ1n) is 9.14. The number of methoxy groups -OCH3 is 1. The van der Waals surface area contributed by atoms with Gasteiger partial charge in [0.15, 0.2) is 6.61 Å². The van der Waals surface area contributed by atoms with Gasteiger partial charge in [-0.2, -0.15) is 0 Å². The third kappa shape index (κ3) is 6.66. The molecule has 2 aromatic rings. The molecule has 2 aromatic carbocycles. The zero-order chi connectivity index (χ0) is 21.2. The van der Waals surface area contributed by atoms with E-state index < -0.39 is 6.04 Å². The Balaban J connectivity index is 2.14. The molecule has 0 aliphatic carbocycles. The molecule has 2 rings (SSSR count). The van der Waals surface area contributed by atoms with Crippen molar-refractivity contribution in [2.75, 3.05) is 26.9 Å². The minimum absolute atomic E-state index is 0.115. The Hall–Kier alpha value is -2.77. The van der Waals surface area contributed by atoms with E-state index in [-0.39, 0.29) is 38.1 Å². The van der Waals surface area contributed by atoms with Crippen LogP contribution in [0.1, 0.15) is 12.5 Å². The number of carbonyl (C=O) groups is 2. The molecule has 0 heterocycles. The van der Waals surface area contributed by atoms with Crippen LogP contribution in [0.25, 0.3) is 0 Å². The molecule has 0 aliphatic heterocycles. The van der Waals surface area contributed by atoms with Gasteiger partial charge in [-0.3, -0.25) is 9.59 Å². The van der Waals surface area contributed by atoms with Gasteiger partial charge in [0.2, 0.25) is 5.91 Å². The maximum atomic E-state index is 12.9. The van der Waals surface area contributed by atoms with Crippen LogP contribution in [0.15, 0.2) is 48.5 Å². The predicted octanol–water partition coefficient (Wildman–Crippen LogP) is 2.25. The van der Waals surface area contributed by atoms with Crippen molar-refractivity contribution >= 4 is 23.4 Å². The maximum Gasteiger partial charge on any atom is 0.261 e. The van der Waals surface area contributed by atoms with Crippen LogP contribution >= 0.6 is 11.6 Å². The van der Waals surface area contributed by atoms with E-state index >= 15 is 0 Å². The average molecular weight is 421 g/mol. The van der Waals surface area contributed by atoms with Crippen LogP contribution in [0.2, 0.25) is 5.02 Å². The molecule has 1 atom stereocenters. The van der Waals surface area contributed by atoms with Crippen LogP contribution in [0, 0.1) is 0 Å². The number of para-hydroxylation sites is 1. The molecule has 0 fully saturated rings. The van der Waals surface area contributed by atoms with Gasteiger partial charge in [0, 0.05) is 13.1 Å². The van der Waals surface area contributed by atoms with Crippen molar-refractivity contribution in [3.8, 4) is 11.5 Å². The summed E-state index contributed by atoms with van der Waals surface area (Å²) in [6.07, 6.45) is 0. The number of nitrogens with zero attached hydrogens (tertiary/aromatic N) is 1. The van der Waals surface area contributed by atoms with Crippen LogP contribution in [-0.2, 0) is 16.1 Å². The lowest BCUT2D eigenvalue weighted by atomic mass is 10.1. The summed E-state index contributed by atoms with van der Waals surface area (Å²) in [5.41, 5.74) is 0.832. The van der Waals surface area contributed by atoms with Crippen molar-refractivity contribution in [1.29, 1.82) is 0 Å². The van der Waals surface area contributed by atoms with Gasteiger partial charge in [0.1, 0.15) is 17.5 Å². The number of halogens is 1. The number of nitrogens with one attached hydrogen (secondary N) is 1. The molecule has 8 heteroatoms. The van der Waals surface area contributed by atoms with E-state index in [9.17, 15) is 9.59 Å². The zero-order valence-electron chi connectivity index (χ0n) is 16.4. The lowest BCUT2D eigenvalue weighted by Crippen LogP contribution is -2.49. The molecule has 0 bridgehead atoms. The Labute approximate surface area is 175 Å². The second-order valence-corrected chi connectivity index (χ2v) is 6.69. The molecule has 2 amide bonds. The Kier molecular flexibility index (Phi) is 8.76. The monoisotopic (exact) mass is 420 g/mol. The summed E-state index contributed by atoms with van der Waals surface area (Å²) >= 11 is 6.07. The van der Waals surface area contributed by atoms with E-state index in [1.54, 1.807) is 50.4 Å². The topological polar surface area (TPSA) is 88.1 Å². The fourth-order valence-electron chi connectivity index (χ4n) is 2.62. The van der Waals surface area contributed by atoms with Gasteiger partial charge in [-0.15, -0.1) is 0 Å². The minimum atomic E-state index is -0.758. The van der Waals surface area contributed by atoms with Crippen molar-refractivity contribution in [2.45, 2.75) is 19.5 Å². The number of rotatable bonds is 10. The smallest absolute Gasteiger partial charge is 0.261 e. The highest BCUT2D eigenvalue weighted by atomic mass is 35.5. The highest BCUT2D eigenvalue weighted by Crippen LogP contribution is 2.23. The number of benzene rings is 2. The molecule has 29 heavy (non-hydrogen) atoms. The highest BCUT2D eigenvalue weighted by molar-refractivity contribution is 6.32. The Bertz CT molecular complexity index is 813. The van der Waals surface area contributed by atoms with E-state index in [1.807, 2.05) is 12.1 Å². The van der Waals surface area contributed by atoms with Crippen LogP contribution in [0.5, 0.6) is 11.5 Å². The van der Waals surface area contributed by atoms with Crippen LogP contribution in [0.3, 0.4) is 0 Å². The number of aliphatic hydroxyl groups is 1. The number of aliphatic hydroxyl groups excluding tert-OH is 1. The largest absolute Gasteiger partial charge is 0.497 e. The third-order valence-corrected chi connectivity index (χ3v) is 4.59. The molecule has 0 unspecified atom stereocenters. The van der Waals surface area contributed by atoms with Gasteiger partial charge in [-0.1, -0.05) is 35.9 Å². The quantitative estimate of drug-likeness (QED) is 0.615. The first-order chi connectivity index (χ1) is 14.0. The SMILES string of the molecule is COc1ccc(CN(C(=O)COc2ccccc2Cl)[C@H](C)C(=O)NCCO)cc1. The molecule has 0 aliphatic rings. The lowest BCUT2D eigenvalue weighted by molar-refractivity contribution is -0.142. The zero-order valence-corrected chi connectivity index (χ0v) is 17.2. The lowest BCUT2D eigenvalue weighted by Gasteiger charge is -2.28. The maximum absolute atomic E-state index is 12.9. The van der Waals surface area contributed by atoms with E-state index in [4.69, 9.17) is 26.2 Å². The number of hydrogen-bond donors (Lipinski definition) is 2. The summed E-state index contributed by atoms with van der Waals surface area (Å²) in [6.45, 7) is 1.51. The highest BCUT2D eigenvalue weighted by Gasteiger charge is 2.26. The summed E-state index contributed by atoms with van der Waals surface area (Å²) < 4.78 is 10.7. The predicted molar refractivity (Wildman–Crippen MR) is 110 cm³/mol. The first kappa shape index (κ1) is 22.5.